The topological polar surface area (TPSA) is 111 Å². The largest absolute Gasteiger partial charge is 0.494 e. The van der Waals surface area contributed by atoms with Crippen LogP contribution in [0, 0.1) is 10.1 Å². The number of rotatable bonds is 4. The van der Waals surface area contributed by atoms with Gasteiger partial charge in [-0.25, -0.2) is 9.56 Å². The Morgan fingerprint density at radius 1 is 1.10 bits per heavy atom. The van der Waals surface area contributed by atoms with Gasteiger partial charge in [0.25, 0.3) is 5.69 Å². The van der Waals surface area contributed by atoms with Gasteiger partial charge in [0.05, 0.1) is 27.4 Å². The molecule has 4 rings (SSSR count). The van der Waals surface area contributed by atoms with Gasteiger partial charge in [-0.2, -0.15) is 0 Å². The SMILES string of the molecule is CC(=O)n1c(O)c(C(=Nc2ccncc2)c2ccccc2)c2ccc([N+](=O)[O-])cc21. The monoisotopic (exact) mass is 400 g/mol. The van der Waals surface area contributed by atoms with Gasteiger partial charge in [0, 0.05) is 42.4 Å². The van der Waals surface area contributed by atoms with Crippen LogP contribution in [0.1, 0.15) is 22.8 Å². The molecule has 8 nitrogen and oxygen atoms in total. The Hall–Kier alpha value is -4.33. The van der Waals surface area contributed by atoms with Crippen molar-refractivity contribution in [2.75, 3.05) is 0 Å². The first-order valence-electron chi connectivity index (χ1n) is 9.04. The number of aliphatic imine (C=N–C) groups is 1. The van der Waals surface area contributed by atoms with Crippen molar-refractivity contribution in [3.8, 4) is 5.88 Å². The number of non-ortho nitro benzene ring substituents is 1. The van der Waals surface area contributed by atoms with Gasteiger partial charge in [-0.3, -0.25) is 19.9 Å². The minimum Gasteiger partial charge on any atom is -0.494 e. The lowest BCUT2D eigenvalue weighted by molar-refractivity contribution is -0.384. The molecule has 1 N–H and O–H groups in total. The fourth-order valence-corrected chi connectivity index (χ4v) is 3.34. The third kappa shape index (κ3) is 3.30. The Bertz CT molecular complexity index is 1300. The second-order valence-corrected chi connectivity index (χ2v) is 6.54. The van der Waals surface area contributed by atoms with E-state index in [2.05, 4.69) is 4.98 Å². The maximum absolute atomic E-state index is 12.3. The van der Waals surface area contributed by atoms with Crippen molar-refractivity contribution in [3.63, 3.8) is 0 Å². The number of pyridine rings is 1. The van der Waals surface area contributed by atoms with Crippen LogP contribution in [0.4, 0.5) is 11.4 Å². The summed E-state index contributed by atoms with van der Waals surface area (Å²) >= 11 is 0. The molecule has 0 aliphatic heterocycles. The number of nitro benzene ring substituents is 1. The number of nitrogens with zero attached hydrogens (tertiary/aromatic N) is 4. The normalized spacial score (nSPS) is 11.6. The quantitative estimate of drug-likeness (QED) is 0.308. The lowest BCUT2D eigenvalue weighted by atomic mass is 10.0. The van der Waals surface area contributed by atoms with Crippen LogP contribution in [0.3, 0.4) is 0 Å². The van der Waals surface area contributed by atoms with Crippen molar-refractivity contribution in [3.05, 3.63) is 94.3 Å². The zero-order valence-electron chi connectivity index (χ0n) is 15.9. The van der Waals surface area contributed by atoms with Gasteiger partial charge < -0.3 is 5.11 Å². The Morgan fingerprint density at radius 3 is 2.43 bits per heavy atom. The molecule has 148 valence electrons. The second kappa shape index (κ2) is 7.59. The molecule has 30 heavy (non-hydrogen) atoms. The van der Waals surface area contributed by atoms with Crippen LogP contribution >= 0.6 is 0 Å². The number of hydrogen-bond acceptors (Lipinski definition) is 6. The third-order valence-corrected chi connectivity index (χ3v) is 4.64. The van der Waals surface area contributed by atoms with Crippen molar-refractivity contribution in [1.82, 2.24) is 9.55 Å². The summed E-state index contributed by atoms with van der Waals surface area (Å²) in [6, 6.07) is 16.8. The summed E-state index contributed by atoms with van der Waals surface area (Å²) in [6.07, 6.45) is 3.20. The highest BCUT2D eigenvalue weighted by Crippen LogP contribution is 2.36. The van der Waals surface area contributed by atoms with E-state index in [1.165, 1.54) is 25.1 Å². The molecular weight excluding hydrogens is 384 g/mol. The van der Waals surface area contributed by atoms with E-state index < -0.39 is 10.8 Å². The lowest BCUT2D eigenvalue weighted by Gasteiger charge is -2.08. The first-order chi connectivity index (χ1) is 14.5. The van der Waals surface area contributed by atoms with E-state index in [1.54, 1.807) is 24.5 Å². The third-order valence-electron chi connectivity index (χ3n) is 4.64. The number of carbonyl (C=O) groups excluding carboxylic acids is 1. The fraction of sp³-hybridized carbons (Fsp3) is 0.0455. The predicted octanol–water partition coefficient (Wildman–Crippen LogP) is 4.48. The molecular formula is C22H16N4O4. The van der Waals surface area contributed by atoms with Crippen molar-refractivity contribution < 1.29 is 14.8 Å². The minimum atomic E-state index is -0.545. The molecule has 0 atom stereocenters. The molecule has 2 aromatic heterocycles. The van der Waals surface area contributed by atoms with E-state index >= 15 is 0 Å². The van der Waals surface area contributed by atoms with Crippen LogP contribution in [0.25, 0.3) is 10.9 Å². The van der Waals surface area contributed by atoms with Gasteiger partial charge in [-0.1, -0.05) is 30.3 Å². The summed E-state index contributed by atoms with van der Waals surface area (Å²) in [7, 11) is 0. The van der Waals surface area contributed by atoms with Crippen molar-refractivity contribution >= 4 is 33.9 Å². The van der Waals surface area contributed by atoms with E-state index in [4.69, 9.17) is 4.99 Å². The molecule has 0 saturated heterocycles. The van der Waals surface area contributed by atoms with Crippen LogP contribution < -0.4 is 0 Å². The molecule has 0 radical (unpaired) electrons. The summed E-state index contributed by atoms with van der Waals surface area (Å²) in [5, 5.41) is 22.7. The summed E-state index contributed by atoms with van der Waals surface area (Å²) in [4.78, 5) is 31.7. The van der Waals surface area contributed by atoms with Crippen LogP contribution in [0.5, 0.6) is 5.88 Å². The fourth-order valence-electron chi connectivity index (χ4n) is 3.34. The Morgan fingerprint density at radius 2 is 1.80 bits per heavy atom. The van der Waals surface area contributed by atoms with E-state index in [9.17, 15) is 20.0 Å². The van der Waals surface area contributed by atoms with Crippen molar-refractivity contribution in [2.45, 2.75) is 6.92 Å². The molecule has 0 spiro atoms. The van der Waals surface area contributed by atoms with Crippen molar-refractivity contribution in [2.24, 2.45) is 4.99 Å². The average molecular weight is 400 g/mol. The Kier molecular flexibility index (Phi) is 4.81. The van der Waals surface area contributed by atoms with Gasteiger partial charge >= 0.3 is 0 Å². The molecule has 0 bridgehead atoms. The number of aromatic nitrogens is 2. The first kappa shape index (κ1) is 19.0. The van der Waals surface area contributed by atoms with Crippen LogP contribution in [-0.4, -0.2) is 31.2 Å². The van der Waals surface area contributed by atoms with Gasteiger partial charge in [0.2, 0.25) is 11.8 Å². The highest BCUT2D eigenvalue weighted by atomic mass is 16.6. The molecule has 2 heterocycles. The highest BCUT2D eigenvalue weighted by Gasteiger charge is 2.25. The molecule has 4 aromatic rings. The highest BCUT2D eigenvalue weighted by molar-refractivity contribution is 6.23. The number of nitro groups is 1. The van der Waals surface area contributed by atoms with Crippen LogP contribution in [-0.2, 0) is 0 Å². The second-order valence-electron chi connectivity index (χ2n) is 6.54. The summed E-state index contributed by atoms with van der Waals surface area (Å²) in [5.41, 5.74) is 2.12. The van der Waals surface area contributed by atoms with Gasteiger partial charge in [0.1, 0.15) is 0 Å². The molecule has 0 saturated carbocycles. The number of hydrogen-bond donors (Lipinski definition) is 1. The Labute approximate surface area is 170 Å². The van der Waals surface area contributed by atoms with Gasteiger partial charge in [0.15, 0.2) is 0 Å². The molecule has 2 aromatic carbocycles. The standard InChI is InChI=1S/C22H16N4O4/c1-14(27)25-19-13-17(26(29)30)7-8-18(19)20(22(25)28)21(15-5-3-2-4-6-15)24-16-9-11-23-12-10-16/h2-13,28H,1H3. The lowest BCUT2D eigenvalue weighted by Crippen LogP contribution is -2.06. The zero-order chi connectivity index (χ0) is 21.3. The van der Waals surface area contributed by atoms with Crippen molar-refractivity contribution in [1.29, 1.82) is 0 Å². The van der Waals surface area contributed by atoms with Crippen LogP contribution in [0.15, 0.2) is 78.0 Å². The van der Waals surface area contributed by atoms with Crippen LogP contribution in [0.2, 0.25) is 0 Å². The number of fused-ring (bicyclic) bond motifs is 1. The smallest absolute Gasteiger partial charge is 0.271 e. The molecule has 0 unspecified atom stereocenters. The maximum Gasteiger partial charge on any atom is 0.271 e. The number of aromatic hydroxyl groups is 1. The average Bonchev–Trinajstić information content (AvgIpc) is 3.04. The minimum absolute atomic E-state index is 0.179. The number of benzene rings is 2. The van der Waals surface area contributed by atoms with Gasteiger partial charge in [-0.05, 0) is 18.2 Å². The molecule has 0 aliphatic carbocycles. The zero-order valence-corrected chi connectivity index (χ0v) is 15.9. The summed E-state index contributed by atoms with van der Waals surface area (Å²) < 4.78 is 1.06. The molecule has 0 fully saturated rings. The summed E-state index contributed by atoms with van der Waals surface area (Å²) in [6.45, 7) is 1.28. The summed E-state index contributed by atoms with van der Waals surface area (Å²) in [5.74, 6) is -0.796. The van der Waals surface area contributed by atoms with E-state index in [0.717, 1.165) is 4.57 Å². The molecule has 0 aliphatic rings. The van der Waals surface area contributed by atoms with E-state index in [1.807, 2.05) is 30.3 Å². The van der Waals surface area contributed by atoms with E-state index in [0.29, 0.717) is 27.9 Å². The first-order valence-corrected chi connectivity index (χ1v) is 9.04. The van der Waals surface area contributed by atoms with Gasteiger partial charge in [-0.15, -0.1) is 0 Å². The van der Waals surface area contributed by atoms with E-state index in [-0.39, 0.29) is 17.1 Å². The predicted molar refractivity (Wildman–Crippen MR) is 113 cm³/mol. The molecule has 8 heteroatoms. The number of carbonyl (C=O) groups is 1. The Balaban J connectivity index is 2.08. The maximum atomic E-state index is 12.3. The molecule has 0 amide bonds.